The Morgan fingerprint density at radius 3 is 2.59 bits per heavy atom. The van der Waals surface area contributed by atoms with Gasteiger partial charge in [0.15, 0.2) is 11.7 Å². The Bertz CT molecular complexity index is 503. The number of nitrogens with zero attached hydrogens (tertiary/aromatic N) is 1. The van der Waals surface area contributed by atoms with Crippen LogP contribution in [0.2, 0.25) is 0 Å². The number of guanidine groups is 1. The van der Waals surface area contributed by atoms with Crippen LogP contribution in [-0.4, -0.2) is 36.0 Å². The Kier molecular flexibility index (Phi) is 9.58. The number of carbonyl (C=O) groups excluding carboxylic acids is 1. The molecule has 0 bridgehead atoms. The van der Waals surface area contributed by atoms with Gasteiger partial charge in [0.2, 0.25) is 0 Å². The Hall–Kier alpha value is -0.900. The Balaban J connectivity index is 0.00000441. The maximum Gasteiger partial charge on any atom is 0.284 e. The fourth-order valence-corrected chi connectivity index (χ4v) is 1.68. The van der Waals surface area contributed by atoms with E-state index < -0.39 is 5.91 Å². The first-order chi connectivity index (χ1) is 9.88. The zero-order valence-electron chi connectivity index (χ0n) is 13.4. The second-order valence-electron chi connectivity index (χ2n) is 5.14. The number of halogens is 1. The van der Waals surface area contributed by atoms with Crippen molar-refractivity contribution >= 4 is 47.6 Å². The van der Waals surface area contributed by atoms with Crippen molar-refractivity contribution in [2.45, 2.75) is 32.1 Å². The predicted octanol–water partition coefficient (Wildman–Crippen LogP) is 2.19. The summed E-state index contributed by atoms with van der Waals surface area (Å²) in [5, 5.41) is 6.47. The summed E-state index contributed by atoms with van der Waals surface area (Å²) in [5.74, 6) is 0.903. The molecular weight excluding hydrogens is 415 g/mol. The Labute approximate surface area is 153 Å². The molecule has 1 rings (SSSR count). The normalized spacial score (nSPS) is 11.7. The van der Waals surface area contributed by atoms with Gasteiger partial charge in [-0.2, -0.15) is 11.8 Å². The molecule has 0 saturated heterocycles. The summed E-state index contributed by atoms with van der Waals surface area (Å²) in [6.45, 7) is 8.26. The molecule has 0 aliphatic heterocycles. The number of amides is 1. The minimum absolute atomic E-state index is 0. The van der Waals surface area contributed by atoms with Crippen LogP contribution in [0.1, 0.15) is 37.1 Å². The maximum absolute atomic E-state index is 11.0. The first kappa shape index (κ1) is 21.1. The minimum Gasteiger partial charge on any atom is -0.454 e. The van der Waals surface area contributed by atoms with Crippen LogP contribution in [0, 0.1) is 0 Å². The summed E-state index contributed by atoms with van der Waals surface area (Å²) in [5.41, 5.74) is 5.15. The molecule has 8 heteroatoms. The molecule has 4 N–H and O–H groups in total. The van der Waals surface area contributed by atoms with Crippen molar-refractivity contribution in [3.05, 3.63) is 23.7 Å². The van der Waals surface area contributed by atoms with Crippen molar-refractivity contribution in [2.24, 2.45) is 10.7 Å². The van der Waals surface area contributed by atoms with E-state index in [2.05, 4.69) is 35.7 Å². The summed E-state index contributed by atoms with van der Waals surface area (Å²) in [6, 6.07) is 3.27. The second kappa shape index (κ2) is 9.98. The van der Waals surface area contributed by atoms with E-state index in [0.717, 1.165) is 19.0 Å². The number of primary amides is 1. The highest BCUT2D eigenvalue weighted by atomic mass is 127. The number of hydrogen-bond acceptors (Lipinski definition) is 4. The average molecular weight is 440 g/mol. The zero-order valence-corrected chi connectivity index (χ0v) is 16.6. The molecule has 1 heterocycles. The lowest BCUT2D eigenvalue weighted by atomic mass is 10.2. The molecular formula is C14H25IN4O2S. The number of carbonyl (C=O) groups is 1. The molecule has 1 aromatic heterocycles. The highest BCUT2D eigenvalue weighted by Crippen LogP contribution is 2.19. The molecule has 0 saturated carbocycles. The standard InChI is InChI=1S/C14H24N4O2S.HI/c1-5-16-13(18-9-14(2,3)21-4)17-8-10-6-7-11(20-10)12(15)19;/h6-7H,5,8-9H2,1-4H3,(H2,15,19)(H2,16,17,18);1H. The largest absolute Gasteiger partial charge is 0.454 e. The van der Waals surface area contributed by atoms with Gasteiger partial charge in [0.25, 0.3) is 5.91 Å². The van der Waals surface area contributed by atoms with Crippen molar-refractivity contribution in [1.82, 2.24) is 10.6 Å². The van der Waals surface area contributed by atoms with E-state index in [4.69, 9.17) is 10.2 Å². The molecule has 1 amide bonds. The Morgan fingerprint density at radius 1 is 1.41 bits per heavy atom. The third kappa shape index (κ3) is 7.39. The van der Waals surface area contributed by atoms with E-state index in [1.807, 2.05) is 6.92 Å². The molecule has 0 unspecified atom stereocenters. The van der Waals surface area contributed by atoms with Crippen LogP contribution < -0.4 is 16.4 Å². The average Bonchev–Trinajstić information content (AvgIpc) is 2.91. The van der Waals surface area contributed by atoms with Gasteiger partial charge in [-0.3, -0.25) is 4.79 Å². The van der Waals surface area contributed by atoms with Gasteiger partial charge in [-0.15, -0.1) is 24.0 Å². The zero-order chi connectivity index (χ0) is 15.9. The summed E-state index contributed by atoms with van der Waals surface area (Å²) in [4.78, 5) is 15.4. The SMILES string of the molecule is CCNC(=NCc1ccc(C(N)=O)o1)NCC(C)(C)SC.I. The van der Waals surface area contributed by atoms with Gasteiger partial charge < -0.3 is 20.8 Å². The van der Waals surface area contributed by atoms with E-state index in [0.29, 0.717) is 12.3 Å². The van der Waals surface area contributed by atoms with Crippen LogP contribution in [0.5, 0.6) is 0 Å². The maximum atomic E-state index is 11.0. The molecule has 1 aromatic rings. The highest BCUT2D eigenvalue weighted by molar-refractivity contribution is 14.0. The molecule has 0 fully saturated rings. The highest BCUT2D eigenvalue weighted by Gasteiger charge is 2.16. The third-order valence-electron chi connectivity index (χ3n) is 2.88. The molecule has 126 valence electrons. The van der Waals surface area contributed by atoms with Crippen LogP contribution >= 0.6 is 35.7 Å². The quantitative estimate of drug-likeness (QED) is 0.344. The van der Waals surface area contributed by atoms with Crippen molar-refractivity contribution in [3.8, 4) is 0 Å². The van der Waals surface area contributed by atoms with Gasteiger partial charge in [0.05, 0.1) is 0 Å². The van der Waals surface area contributed by atoms with E-state index in [-0.39, 0.29) is 34.5 Å². The second-order valence-corrected chi connectivity index (χ2v) is 6.66. The Morgan fingerprint density at radius 2 is 2.09 bits per heavy atom. The number of thioether (sulfide) groups is 1. The summed E-state index contributed by atoms with van der Waals surface area (Å²) >= 11 is 1.79. The van der Waals surface area contributed by atoms with E-state index in [1.54, 1.807) is 23.9 Å². The van der Waals surface area contributed by atoms with E-state index >= 15 is 0 Å². The van der Waals surface area contributed by atoms with E-state index in [1.165, 1.54) is 0 Å². The number of nitrogens with two attached hydrogens (primary N) is 1. The number of rotatable bonds is 7. The van der Waals surface area contributed by atoms with Crippen LogP contribution in [0.15, 0.2) is 21.5 Å². The fourth-order valence-electron chi connectivity index (χ4n) is 1.46. The van der Waals surface area contributed by atoms with Crippen molar-refractivity contribution in [1.29, 1.82) is 0 Å². The topological polar surface area (TPSA) is 92.6 Å². The van der Waals surface area contributed by atoms with Gasteiger partial charge in [-0.25, -0.2) is 4.99 Å². The molecule has 0 aliphatic carbocycles. The van der Waals surface area contributed by atoms with Gasteiger partial charge in [0, 0.05) is 17.8 Å². The minimum atomic E-state index is -0.572. The van der Waals surface area contributed by atoms with Gasteiger partial charge in [0.1, 0.15) is 12.3 Å². The van der Waals surface area contributed by atoms with Crippen LogP contribution in [-0.2, 0) is 6.54 Å². The number of nitrogens with one attached hydrogen (secondary N) is 2. The molecule has 6 nitrogen and oxygen atoms in total. The molecule has 0 radical (unpaired) electrons. The van der Waals surface area contributed by atoms with Crippen molar-refractivity contribution in [3.63, 3.8) is 0 Å². The number of aliphatic imine (C=N–C) groups is 1. The molecule has 0 aliphatic rings. The smallest absolute Gasteiger partial charge is 0.284 e. The lowest BCUT2D eigenvalue weighted by Crippen LogP contribution is -2.43. The summed E-state index contributed by atoms with van der Waals surface area (Å²) in [6.07, 6.45) is 2.08. The fraction of sp³-hybridized carbons (Fsp3) is 0.571. The summed E-state index contributed by atoms with van der Waals surface area (Å²) in [7, 11) is 0. The van der Waals surface area contributed by atoms with Crippen molar-refractivity contribution < 1.29 is 9.21 Å². The number of furan rings is 1. The first-order valence-electron chi connectivity index (χ1n) is 6.84. The monoisotopic (exact) mass is 440 g/mol. The van der Waals surface area contributed by atoms with Crippen LogP contribution in [0.4, 0.5) is 0 Å². The first-order valence-corrected chi connectivity index (χ1v) is 8.06. The molecule has 0 aromatic carbocycles. The third-order valence-corrected chi connectivity index (χ3v) is 4.13. The van der Waals surface area contributed by atoms with Gasteiger partial charge in [-0.1, -0.05) is 0 Å². The summed E-state index contributed by atoms with van der Waals surface area (Å²) < 4.78 is 5.42. The molecule has 0 atom stereocenters. The molecule has 22 heavy (non-hydrogen) atoms. The lowest BCUT2D eigenvalue weighted by Gasteiger charge is -2.23. The lowest BCUT2D eigenvalue weighted by molar-refractivity contribution is 0.0972. The van der Waals surface area contributed by atoms with E-state index in [9.17, 15) is 4.79 Å². The predicted molar refractivity (Wildman–Crippen MR) is 103 cm³/mol. The number of hydrogen-bond donors (Lipinski definition) is 3. The van der Waals surface area contributed by atoms with Crippen LogP contribution in [0.25, 0.3) is 0 Å². The van der Waals surface area contributed by atoms with Crippen molar-refractivity contribution in [2.75, 3.05) is 19.3 Å². The van der Waals surface area contributed by atoms with Crippen LogP contribution in [0.3, 0.4) is 0 Å². The molecule has 0 spiro atoms. The van der Waals surface area contributed by atoms with Gasteiger partial charge in [-0.05, 0) is 39.2 Å². The van der Waals surface area contributed by atoms with Gasteiger partial charge >= 0.3 is 0 Å².